The summed E-state index contributed by atoms with van der Waals surface area (Å²) in [5.74, 6) is 0.611. The fraction of sp³-hybridized carbons (Fsp3) is 0.423. The fourth-order valence-corrected chi connectivity index (χ4v) is 4.11. The average molecular weight is 440 g/mol. The van der Waals surface area contributed by atoms with Crippen molar-refractivity contribution in [3.63, 3.8) is 0 Å². The van der Waals surface area contributed by atoms with Gasteiger partial charge in [0.25, 0.3) is 5.91 Å². The summed E-state index contributed by atoms with van der Waals surface area (Å²) in [4.78, 5) is 15.3. The number of nitrogens with zero attached hydrogens (tertiary/aromatic N) is 1. The van der Waals surface area contributed by atoms with Crippen molar-refractivity contribution < 1.29 is 24.5 Å². The number of carbonyl (C=O) groups is 1. The van der Waals surface area contributed by atoms with Gasteiger partial charge in [-0.15, -0.1) is 0 Å². The molecule has 1 aliphatic carbocycles. The van der Waals surface area contributed by atoms with E-state index in [4.69, 9.17) is 9.47 Å². The molecule has 1 amide bonds. The highest BCUT2D eigenvalue weighted by Crippen LogP contribution is 2.35. The smallest absolute Gasteiger partial charge is 0.254 e. The zero-order valence-corrected chi connectivity index (χ0v) is 18.7. The summed E-state index contributed by atoms with van der Waals surface area (Å²) < 4.78 is 10.8. The highest BCUT2D eigenvalue weighted by molar-refractivity contribution is 6.20. The number of ether oxygens (including phenoxy) is 2. The third-order valence-electron chi connectivity index (χ3n) is 5.80. The molecule has 32 heavy (non-hydrogen) atoms. The lowest BCUT2D eigenvalue weighted by Gasteiger charge is -2.39. The van der Waals surface area contributed by atoms with Crippen LogP contribution < -0.4 is 0 Å². The Kier molecular flexibility index (Phi) is 8.71. The first-order valence-corrected chi connectivity index (χ1v) is 11.2. The van der Waals surface area contributed by atoms with Crippen LogP contribution >= 0.6 is 0 Å². The second-order valence-electron chi connectivity index (χ2n) is 7.95. The first-order chi connectivity index (χ1) is 15.6. The molecule has 172 valence electrons. The standard InChI is InChI=1S/C26H33NO5/c1-3-19-8-5-6-9-23(19)24-16-20-10-11-22(32-18-21(29)12-15-31-4-2)17-25(20)27(26(24)30)13-7-14-28/h4-6,8-11,16-17,20-21,25,28-29H,2-3,7,12-15,18H2,1H3. The molecule has 1 aromatic carbocycles. The third kappa shape index (κ3) is 5.69. The van der Waals surface area contributed by atoms with E-state index < -0.39 is 6.10 Å². The minimum Gasteiger partial charge on any atom is -0.502 e. The van der Waals surface area contributed by atoms with Crippen LogP contribution in [0.1, 0.15) is 30.9 Å². The Bertz CT molecular complexity index is 888. The maximum atomic E-state index is 13.5. The largest absolute Gasteiger partial charge is 0.502 e. The van der Waals surface area contributed by atoms with Crippen LogP contribution in [-0.2, 0) is 20.7 Å². The van der Waals surface area contributed by atoms with Gasteiger partial charge in [0, 0.05) is 31.1 Å². The minimum absolute atomic E-state index is 0.0181. The molecule has 0 bridgehead atoms. The normalized spacial score (nSPS) is 20.8. The van der Waals surface area contributed by atoms with Gasteiger partial charge in [-0.1, -0.05) is 49.9 Å². The van der Waals surface area contributed by atoms with Crippen LogP contribution in [0, 0.1) is 5.92 Å². The SMILES string of the molecule is C=COCCC(O)COC1=CC2C(C=C1)C=C(c1ccccc1CC)C(=O)N2CCCO. The molecule has 2 N–H and O–H groups in total. The molecule has 3 atom stereocenters. The lowest BCUT2D eigenvalue weighted by atomic mass is 9.83. The summed E-state index contributed by atoms with van der Waals surface area (Å²) in [6, 6.07) is 7.82. The Morgan fingerprint density at radius 2 is 2.09 bits per heavy atom. The second-order valence-corrected chi connectivity index (χ2v) is 7.95. The number of aryl methyl sites for hydroxylation is 1. The van der Waals surface area contributed by atoms with Gasteiger partial charge in [-0.3, -0.25) is 4.79 Å². The van der Waals surface area contributed by atoms with Gasteiger partial charge in [-0.05, 0) is 36.1 Å². The quantitative estimate of drug-likeness (QED) is 0.386. The summed E-state index contributed by atoms with van der Waals surface area (Å²) in [6.07, 6.45) is 10.4. The van der Waals surface area contributed by atoms with Crippen LogP contribution in [-0.4, -0.2) is 59.5 Å². The second kappa shape index (κ2) is 11.7. The van der Waals surface area contributed by atoms with E-state index in [1.165, 1.54) is 6.26 Å². The molecule has 1 aromatic rings. The molecule has 6 heteroatoms. The predicted molar refractivity (Wildman–Crippen MR) is 124 cm³/mol. The molecule has 3 rings (SSSR count). The molecule has 0 saturated carbocycles. The van der Waals surface area contributed by atoms with E-state index in [-0.39, 0.29) is 31.1 Å². The van der Waals surface area contributed by atoms with E-state index in [0.717, 1.165) is 17.5 Å². The fourth-order valence-electron chi connectivity index (χ4n) is 4.11. The Balaban J connectivity index is 1.80. The number of carbonyl (C=O) groups excluding carboxylic acids is 1. The van der Waals surface area contributed by atoms with Gasteiger partial charge >= 0.3 is 0 Å². The van der Waals surface area contributed by atoms with E-state index in [0.29, 0.717) is 37.3 Å². The molecule has 3 unspecified atom stereocenters. The average Bonchev–Trinajstić information content (AvgIpc) is 2.82. The van der Waals surface area contributed by atoms with Crippen LogP contribution in [0.25, 0.3) is 5.57 Å². The number of hydrogen-bond donors (Lipinski definition) is 2. The Labute approximate surface area is 190 Å². The van der Waals surface area contributed by atoms with Gasteiger partial charge in [-0.25, -0.2) is 0 Å². The van der Waals surface area contributed by atoms with Gasteiger partial charge in [-0.2, -0.15) is 0 Å². The zero-order valence-electron chi connectivity index (χ0n) is 18.7. The number of aliphatic hydroxyl groups excluding tert-OH is 2. The number of benzene rings is 1. The third-order valence-corrected chi connectivity index (χ3v) is 5.80. The molecular weight excluding hydrogens is 406 g/mol. The van der Waals surface area contributed by atoms with Crippen LogP contribution in [0.4, 0.5) is 0 Å². The van der Waals surface area contributed by atoms with Crippen molar-refractivity contribution in [2.45, 2.75) is 38.3 Å². The van der Waals surface area contributed by atoms with E-state index in [1.54, 1.807) is 0 Å². The molecular formula is C26H33NO5. The number of amides is 1. The Morgan fingerprint density at radius 3 is 2.84 bits per heavy atom. The van der Waals surface area contributed by atoms with Crippen LogP contribution in [0.3, 0.4) is 0 Å². The van der Waals surface area contributed by atoms with Crippen LogP contribution in [0.2, 0.25) is 0 Å². The van der Waals surface area contributed by atoms with Gasteiger partial charge in [0.05, 0.1) is 25.0 Å². The van der Waals surface area contributed by atoms with Crippen molar-refractivity contribution in [3.05, 3.63) is 78.3 Å². The highest BCUT2D eigenvalue weighted by atomic mass is 16.5. The van der Waals surface area contributed by atoms with Gasteiger partial charge in [0.2, 0.25) is 0 Å². The van der Waals surface area contributed by atoms with Crippen LogP contribution in [0.15, 0.2) is 67.2 Å². The van der Waals surface area contributed by atoms with E-state index in [9.17, 15) is 15.0 Å². The lowest BCUT2D eigenvalue weighted by molar-refractivity contribution is -0.127. The Hall–Kier alpha value is -2.83. The van der Waals surface area contributed by atoms with Crippen molar-refractivity contribution in [2.24, 2.45) is 5.92 Å². The van der Waals surface area contributed by atoms with Crippen molar-refractivity contribution in [2.75, 3.05) is 26.4 Å². The monoisotopic (exact) mass is 439 g/mol. The molecule has 1 heterocycles. The van der Waals surface area contributed by atoms with E-state index in [1.807, 2.05) is 47.4 Å². The molecule has 0 aromatic heterocycles. The van der Waals surface area contributed by atoms with Gasteiger partial charge in [0.15, 0.2) is 0 Å². The lowest BCUT2D eigenvalue weighted by Crippen LogP contribution is -2.48. The van der Waals surface area contributed by atoms with E-state index in [2.05, 4.69) is 19.6 Å². The van der Waals surface area contributed by atoms with Crippen molar-refractivity contribution in [1.29, 1.82) is 0 Å². The first kappa shape index (κ1) is 23.8. The van der Waals surface area contributed by atoms with Crippen molar-refractivity contribution >= 4 is 11.5 Å². The molecule has 0 fully saturated rings. The maximum Gasteiger partial charge on any atom is 0.254 e. The Morgan fingerprint density at radius 1 is 1.28 bits per heavy atom. The molecule has 0 spiro atoms. The molecule has 6 nitrogen and oxygen atoms in total. The van der Waals surface area contributed by atoms with Gasteiger partial charge in [0.1, 0.15) is 12.4 Å². The summed E-state index contributed by atoms with van der Waals surface area (Å²) in [5, 5.41) is 19.4. The maximum absolute atomic E-state index is 13.5. The first-order valence-electron chi connectivity index (χ1n) is 11.2. The number of fused-ring (bicyclic) bond motifs is 1. The molecule has 0 radical (unpaired) electrons. The molecule has 1 aliphatic heterocycles. The highest BCUT2D eigenvalue weighted by Gasteiger charge is 2.36. The van der Waals surface area contributed by atoms with E-state index >= 15 is 0 Å². The van der Waals surface area contributed by atoms with Gasteiger partial charge < -0.3 is 24.6 Å². The zero-order chi connectivity index (χ0) is 22.9. The summed E-state index contributed by atoms with van der Waals surface area (Å²) in [5.41, 5.74) is 2.82. The summed E-state index contributed by atoms with van der Waals surface area (Å²) >= 11 is 0. The van der Waals surface area contributed by atoms with Crippen molar-refractivity contribution in [1.82, 2.24) is 4.90 Å². The minimum atomic E-state index is -0.655. The summed E-state index contributed by atoms with van der Waals surface area (Å²) in [6.45, 7) is 6.57. The summed E-state index contributed by atoms with van der Waals surface area (Å²) in [7, 11) is 0. The predicted octanol–water partition coefficient (Wildman–Crippen LogP) is 3.22. The molecule has 0 saturated heterocycles. The number of aliphatic hydroxyl groups is 2. The van der Waals surface area contributed by atoms with Crippen LogP contribution in [0.5, 0.6) is 0 Å². The number of hydrogen-bond acceptors (Lipinski definition) is 5. The topological polar surface area (TPSA) is 79.2 Å². The molecule has 2 aliphatic rings. The van der Waals surface area contributed by atoms with Crippen molar-refractivity contribution in [3.8, 4) is 0 Å². The number of allylic oxidation sites excluding steroid dienone is 1. The number of rotatable bonds is 12.